The minimum atomic E-state index is -3.99. The van der Waals surface area contributed by atoms with Crippen LogP contribution in [0.1, 0.15) is 24.0 Å². The van der Waals surface area contributed by atoms with Crippen LogP contribution >= 0.6 is 22.9 Å². The number of hydrogen-bond acceptors (Lipinski definition) is 6. The van der Waals surface area contributed by atoms with Crippen molar-refractivity contribution >= 4 is 54.2 Å². The predicted molar refractivity (Wildman–Crippen MR) is 143 cm³/mol. The van der Waals surface area contributed by atoms with Crippen LogP contribution in [0, 0.1) is 18.7 Å². The van der Waals surface area contributed by atoms with Crippen molar-refractivity contribution in [2.45, 2.75) is 31.2 Å². The molecule has 0 saturated carbocycles. The molecule has 0 bridgehead atoms. The largest absolute Gasteiger partial charge is 0.283 e. The lowest BCUT2D eigenvalue weighted by Gasteiger charge is -2.33. The molecule has 3 heterocycles. The van der Waals surface area contributed by atoms with Gasteiger partial charge in [-0.1, -0.05) is 47.2 Å². The Morgan fingerprint density at radius 3 is 2.59 bits per heavy atom. The number of pyridine rings is 1. The standard InChI is InChI=1S/C26H24ClFN4O3S2/c1-17-8-9-20(27)24-23(17)30-26(36-24)32(16-18-5-4-12-29-15-18)25(33)19-10-13-31(14-11-19)37(34,35)22-7-3-2-6-21(22)28/h2-9,12,15,19H,10-11,13-14,16H2,1H3. The van der Waals surface area contributed by atoms with Gasteiger partial charge in [-0.3, -0.25) is 14.7 Å². The molecule has 1 aliphatic rings. The Kier molecular flexibility index (Phi) is 7.26. The third-order valence-electron chi connectivity index (χ3n) is 6.50. The van der Waals surface area contributed by atoms with E-state index in [0.29, 0.717) is 23.0 Å². The fraction of sp³-hybridized carbons (Fsp3) is 0.269. The number of aromatic nitrogens is 2. The Labute approximate surface area is 223 Å². The van der Waals surface area contributed by atoms with Gasteiger partial charge in [0, 0.05) is 31.4 Å². The number of benzene rings is 2. The van der Waals surface area contributed by atoms with Crippen LogP contribution in [0.2, 0.25) is 5.02 Å². The SMILES string of the molecule is Cc1ccc(Cl)c2sc(N(Cc3cccnc3)C(=O)C3CCN(S(=O)(=O)c4ccccc4F)CC3)nc12. The van der Waals surface area contributed by atoms with Crippen molar-refractivity contribution in [1.82, 2.24) is 14.3 Å². The van der Waals surface area contributed by atoms with Crippen LogP contribution in [0.25, 0.3) is 10.2 Å². The van der Waals surface area contributed by atoms with Gasteiger partial charge in [0.25, 0.3) is 0 Å². The zero-order chi connectivity index (χ0) is 26.2. The molecule has 0 radical (unpaired) electrons. The van der Waals surface area contributed by atoms with Crippen molar-refractivity contribution in [2.24, 2.45) is 5.92 Å². The Bertz CT molecular complexity index is 1520. The zero-order valence-electron chi connectivity index (χ0n) is 20.0. The van der Waals surface area contributed by atoms with Gasteiger partial charge in [-0.05, 0) is 55.2 Å². The third-order valence-corrected chi connectivity index (χ3v) is 9.97. The Balaban J connectivity index is 1.40. The average molecular weight is 559 g/mol. The molecule has 1 amide bonds. The van der Waals surface area contributed by atoms with Crippen molar-refractivity contribution in [1.29, 1.82) is 0 Å². The van der Waals surface area contributed by atoms with E-state index in [1.54, 1.807) is 17.3 Å². The van der Waals surface area contributed by atoms with E-state index in [2.05, 4.69) is 4.98 Å². The number of carbonyl (C=O) groups excluding carboxylic acids is 1. The smallest absolute Gasteiger partial charge is 0.245 e. The van der Waals surface area contributed by atoms with Crippen molar-refractivity contribution < 1.29 is 17.6 Å². The molecule has 0 unspecified atom stereocenters. The van der Waals surface area contributed by atoms with Crippen LogP contribution < -0.4 is 4.90 Å². The first-order chi connectivity index (χ1) is 17.8. The fourth-order valence-electron chi connectivity index (χ4n) is 4.48. The lowest BCUT2D eigenvalue weighted by atomic mass is 9.96. The molecule has 1 saturated heterocycles. The van der Waals surface area contributed by atoms with Crippen LogP contribution in [0.4, 0.5) is 9.52 Å². The molecule has 4 aromatic rings. The maximum absolute atomic E-state index is 14.2. The molecule has 0 atom stereocenters. The summed E-state index contributed by atoms with van der Waals surface area (Å²) in [5.74, 6) is -1.33. The van der Waals surface area contributed by atoms with Crippen molar-refractivity contribution in [3.05, 3.63) is 82.9 Å². The minimum Gasteiger partial charge on any atom is -0.283 e. The second-order valence-corrected chi connectivity index (χ2v) is 12.2. The van der Waals surface area contributed by atoms with Crippen molar-refractivity contribution in [3.8, 4) is 0 Å². The quantitative estimate of drug-likeness (QED) is 0.315. The van der Waals surface area contributed by atoms with Crippen LogP contribution in [0.3, 0.4) is 0 Å². The number of piperidine rings is 1. The van der Waals surface area contributed by atoms with Crippen LogP contribution in [0.5, 0.6) is 0 Å². The normalized spacial score (nSPS) is 15.2. The summed E-state index contributed by atoms with van der Waals surface area (Å²) < 4.78 is 42.3. The van der Waals surface area contributed by atoms with E-state index in [9.17, 15) is 17.6 Å². The van der Waals surface area contributed by atoms with E-state index >= 15 is 0 Å². The van der Waals surface area contributed by atoms with E-state index in [4.69, 9.17) is 16.6 Å². The lowest BCUT2D eigenvalue weighted by molar-refractivity contribution is -0.123. The molecular weight excluding hydrogens is 535 g/mol. The second kappa shape index (κ2) is 10.4. The van der Waals surface area contributed by atoms with E-state index in [0.717, 1.165) is 27.4 Å². The molecule has 0 aliphatic carbocycles. The summed E-state index contributed by atoms with van der Waals surface area (Å²) in [4.78, 5) is 24.1. The summed E-state index contributed by atoms with van der Waals surface area (Å²) in [6.45, 7) is 2.47. The average Bonchev–Trinajstić information content (AvgIpc) is 3.37. The number of sulfonamides is 1. The van der Waals surface area contributed by atoms with Gasteiger partial charge in [0.1, 0.15) is 10.7 Å². The molecular formula is C26H24ClFN4O3S2. The summed E-state index contributed by atoms with van der Waals surface area (Å²) in [6, 6.07) is 12.8. The summed E-state index contributed by atoms with van der Waals surface area (Å²) >= 11 is 7.78. The number of carbonyl (C=O) groups is 1. The molecule has 7 nitrogen and oxygen atoms in total. The maximum atomic E-state index is 14.2. The monoisotopic (exact) mass is 558 g/mol. The Morgan fingerprint density at radius 1 is 1.16 bits per heavy atom. The van der Waals surface area contributed by atoms with Crippen LogP contribution in [-0.2, 0) is 21.4 Å². The first kappa shape index (κ1) is 25.7. The van der Waals surface area contributed by atoms with Gasteiger partial charge < -0.3 is 0 Å². The second-order valence-electron chi connectivity index (χ2n) is 8.93. The highest BCUT2D eigenvalue weighted by Gasteiger charge is 2.36. The van der Waals surface area contributed by atoms with Crippen molar-refractivity contribution in [3.63, 3.8) is 0 Å². The fourth-order valence-corrected chi connectivity index (χ4v) is 7.33. The number of aryl methyl sites for hydroxylation is 1. The minimum absolute atomic E-state index is 0.124. The number of hydrogen-bond donors (Lipinski definition) is 0. The van der Waals surface area contributed by atoms with Gasteiger partial charge in [-0.15, -0.1) is 0 Å². The highest BCUT2D eigenvalue weighted by atomic mass is 35.5. The summed E-state index contributed by atoms with van der Waals surface area (Å²) in [6.07, 6.45) is 4.01. The van der Waals surface area contributed by atoms with E-state index < -0.39 is 21.8 Å². The molecule has 0 N–H and O–H groups in total. The summed E-state index contributed by atoms with van der Waals surface area (Å²) in [7, 11) is -3.99. The molecule has 2 aromatic carbocycles. The first-order valence-electron chi connectivity index (χ1n) is 11.8. The summed E-state index contributed by atoms with van der Waals surface area (Å²) in [5, 5.41) is 1.10. The van der Waals surface area contributed by atoms with Gasteiger partial charge in [-0.2, -0.15) is 4.31 Å². The molecule has 11 heteroatoms. The van der Waals surface area contributed by atoms with Gasteiger partial charge >= 0.3 is 0 Å². The molecule has 1 aliphatic heterocycles. The maximum Gasteiger partial charge on any atom is 0.245 e. The molecule has 2 aromatic heterocycles. The van der Waals surface area contributed by atoms with E-state index in [1.807, 2.05) is 31.2 Å². The number of amides is 1. The Hall–Kier alpha value is -2.92. The molecule has 0 spiro atoms. The third kappa shape index (κ3) is 5.11. The number of nitrogens with zero attached hydrogens (tertiary/aromatic N) is 4. The highest BCUT2D eigenvalue weighted by molar-refractivity contribution is 7.89. The number of halogens is 2. The molecule has 5 rings (SSSR count). The highest BCUT2D eigenvalue weighted by Crippen LogP contribution is 2.37. The zero-order valence-corrected chi connectivity index (χ0v) is 22.4. The van der Waals surface area contributed by atoms with Gasteiger partial charge in [-0.25, -0.2) is 17.8 Å². The number of fused-ring (bicyclic) bond motifs is 1. The number of anilines is 1. The molecule has 1 fully saturated rings. The first-order valence-corrected chi connectivity index (χ1v) is 14.4. The molecule has 192 valence electrons. The number of thiazole rings is 1. The van der Waals surface area contributed by atoms with Crippen LogP contribution in [0.15, 0.2) is 65.8 Å². The van der Waals surface area contributed by atoms with Gasteiger partial charge in [0.15, 0.2) is 5.13 Å². The van der Waals surface area contributed by atoms with E-state index in [1.165, 1.54) is 33.8 Å². The van der Waals surface area contributed by atoms with Crippen molar-refractivity contribution in [2.75, 3.05) is 18.0 Å². The summed E-state index contributed by atoms with van der Waals surface area (Å²) in [5.41, 5.74) is 2.56. The Morgan fingerprint density at radius 2 is 1.92 bits per heavy atom. The van der Waals surface area contributed by atoms with Crippen LogP contribution in [-0.4, -0.2) is 41.7 Å². The van der Waals surface area contributed by atoms with Gasteiger partial charge in [0.2, 0.25) is 15.9 Å². The molecule has 37 heavy (non-hydrogen) atoms. The number of rotatable bonds is 6. The van der Waals surface area contributed by atoms with Gasteiger partial charge in [0.05, 0.1) is 21.8 Å². The predicted octanol–water partition coefficient (Wildman–Crippen LogP) is 5.43. The van der Waals surface area contributed by atoms with E-state index in [-0.39, 0.29) is 30.4 Å². The lowest BCUT2D eigenvalue weighted by Crippen LogP contribution is -2.44. The topological polar surface area (TPSA) is 83.5 Å².